The molecule has 1 aliphatic heterocycles. The van der Waals surface area contributed by atoms with Crippen molar-refractivity contribution in [3.63, 3.8) is 0 Å². The van der Waals surface area contributed by atoms with E-state index in [0.29, 0.717) is 23.6 Å². The quantitative estimate of drug-likeness (QED) is 0.892. The molecule has 3 rings (SSSR count). The van der Waals surface area contributed by atoms with E-state index in [9.17, 15) is 9.59 Å². The number of benzene rings is 1. The maximum absolute atomic E-state index is 12.7. The van der Waals surface area contributed by atoms with E-state index in [1.165, 1.54) is 19.3 Å². The van der Waals surface area contributed by atoms with Gasteiger partial charge in [0.2, 0.25) is 5.91 Å². The predicted molar refractivity (Wildman–Crippen MR) is 96.1 cm³/mol. The first-order chi connectivity index (χ1) is 12.0. The highest BCUT2D eigenvalue weighted by Gasteiger charge is 2.39. The van der Waals surface area contributed by atoms with E-state index < -0.39 is 0 Å². The van der Waals surface area contributed by atoms with Crippen LogP contribution in [0.3, 0.4) is 0 Å². The highest BCUT2D eigenvalue weighted by atomic mass is 16.5. The van der Waals surface area contributed by atoms with Crippen molar-refractivity contribution in [1.82, 2.24) is 4.90 Å². The van der Waals surface area contributed by atoms with Crippen LogP contribution in [-0.2, 0) is 16.0 Å². The number of carbonyl (C=O) groups excluding carboxylic acids is 2. The molecular formula is C20H28N2O3. The molecule has 3 atom stereocenters. The molecule has 0 bridgehead atoms. The van der Waals surface area contributed by atoms with Gasteiger partial charge in [-0.15, -0.1) is 0 Å². The minimum absolute atomic E-state index is 0.0762. The topological polar surface area (TPSA) is 72.6 Å². The second kappa shape index (κ2) is 7.89. The van der Waals surface area contributed by atoms with E-state index in [2.05, 4.69) is 11.8 Å². The maximum atomic E-state index is 12.7. The van der Waals surface area contributed by atoms with Crippen molar-refractivity contribution in [1.29, 1.82) is 0 Å². The summed E-state index contributed by atoms with van der Waals surface area (Å²) in [5.41, 5.74) is 6.03. The standard InChI is InChI=1S/C20H28N2O3/c1-14-10-11-22(18-5-3-2-4-17(14)18)20(24)13-25-16-8-6-15(7-9-16)12-19(21)23/h6-9,14,17-18H,2-5,10-13H2,1H3,(H2,21,23)/t14-,17-,18-/m1/s1. The fourth-order valence-corrected chi connectivity index (χ4v) is 4.36. The maximum Gasteiger partial charge on any atom is 0.260 e. The first kappa shape index (κ1) is 17.8. The Balaban J connectivity index is 1.55. The molecule has 136 valence electrons. The van der Waals surface area contributed by atoms with Gasteiger partial charge in [-0.05, 0) is 48.8 Å². The van der Waals surface area contributed by atoms with Crippen molar-refractivity contribution in [3.8, 4) is 5.75 Å². The minimum atomic E-state index is -0.356. The van der Waals surface area contributed by atoms with Gasteiger partial charge in [0.05, 0.1) is 6.42 Å². The van der Waals surface area contributed by atoms with Crippen LogP contribution in [0.4, 0.5) is 0 Å². The number of hydrogen-bond acceptors (Lipinski definition) is 3. The third-order valence-electron chi connectivity index (χ3n) is 5.72. The number of hydrogen-bond donors (Lipinski definition) is 1. The first-order valence-corrected chi connectivity index (χ1v) is 9.34. The molecule has 2 N–H and O–H groups in total. The minimum Gasteiger partial charge on any atom is -0.484 e. The Hall–Kier alpha value is -2.04. The number of carbonyl (C=O) groups is 2. The molecule has 5 nitrogen and oxygen atoms in total. The van der Waals surface area contributed by atoms with E-state index in [0.717, 1.165) is 24.9 Å². The van der Waals surface area contributed by atoms with E-state index >= 15 is 0 Å². The van der Waals surface area contributed by atoms with Crippen molar-refractivity contribution < 1.29 is 14.3 Å². The summed E-state index contributed by atoms with van der Waals surface area (Å²) in [6, 6.07) is 7.58. The molecule has 0 unspecified atom stereocenters. The summed E-state index contributed by atoms with van der Waals surface area (Å²) < 4.78 is 5.68. The van der Waals surface area contributed by atoms with Crippen LogP contribution in [0, 0.1) is 11.8 Å². The lowest BCUT2D eigenvalue weighted by Gasteiger charge is -2.47. The molecule has 1 heterocycles. The van der Waals surface area contributed by atoms with E-state index in [1.807, 2.05) is 12.1 Å². The molecule has 2 aliphatic rings. The lowest BCUT2D eigenvalue weighted by Crippen LogP contribution is -2.53. The number of ether oxygens (including phenoxy) is 1. The van der Waals surface area contributed by atoms with Crippen LogP contribution in [0.15, 0.2) is 24.3 Å². The number of piperidine rings is 1. The number of likely N-dealkylation sites (tertiary alicyclic amines) is 1. The Morgan fingerprint density at radius 3 is 2.60 bits per heavy atom. The zero-order chi connectivity index (χ0) is 17.8. The number of nitrogens with two attached hydrogens (primary N) is 1. The molecule has 0 radical (unpaired) electrons. The van der Waals surface area contributed by atoms with Crippen molar-refractivity contribution in [2.45, 2.75) is 51.5 Å². The van der Waals surface area contributed by atoms with Crippen molar-refractivity contribution in [2.75, 3.05) is 13.2 Å². The van der Waals surface area contributed by atoms with Gasteiger partial charge in [0.25, 0.3) is 5.91 Å². The predicted octanol–water partition coefficient (Wildman–Crippen LogP) is 2.52. The molecule has 2 amide bonds. The van der Waals surface area contributed by atoms with E-state index in [4.69, 9.17) is 10.5 Å². The van der Waals surface area contributed by atoms with Gasteiger partial charge in [-0.3, -0.25) is 9.59 Å². The normalized spacial score (nSPS) is 26.0. The highest BCUT2D eigenvalue weighted by molar-refractivity contribution is 5.78. The Morgan fingerprint density at radius 2 is 1.88 bits per heavy atom. The summed E-state index contributed by atoms with van der Waals surface area (Å²) in [4.78, 5) is 25.7. The smallest absolute Gasteiger partial charge is 0.260 e. The SMILES string of the molecule is C[C@@H]1CCN(C(=O)COc2ccc(CC(N)=O)cc2)[C@@H]2CCCC[C@H]12. The van der Waals surface area contributed by atoms with Crippen LogP contribution in [0.1, 0.15) is 44.6 Å². The molecule has 0 spiro atoms. The summed E-state index contributed by atoms with van der Waals surface area (Å²) in [6.07, 6.45) is 6.20. The monoisotopic (exact) mass is 344 g/mol. The zero-order valence-corrected chi connectivity index (χ0v) is 14.9. The molecule has 5 heteroatoms. The van der Waals surface area contributed by atoms with Crippen LogP contribution in [0.25, 0.3) is 0 Å². The summed E-state index contributed by atoms with van der Waals surface area (Å²) in [5.74, 6) is 1.75. The molecule has 1 aromatic rings. The molecule has 1 saturated carbocycles. The third-order valence-corrected chi connectivity index (χ3v) is 5.72. The van der Waals surface area contributed by atoms with Gasteiger partial charge in [0.15, 0.2) is 6.61 Å². The van der Waals surface area contributed by atoms with Gasteiger partial charge in [-0.2, -0.15) is 0 Å². The van der Waals surface area contributed by atoms with Crippen LogP contribution in [0.5, 0.6) is 5.75 Å². The van der Waals surface area contributed by atoms with Gasteiger partial charge in [-0.1, -0.05) is 31.9 Å². The largest absolute Gasteiger partial charge is 0.484 e. The average Bonchev–Trinajstić information content (AvgIpc) is 2.61. The molecule has 1 aromatic carbocycles. The Kier molecular flexibility index (Phi) is 5.61. The highest BCUT2D eigenvalue weighted by Crippen LogP contribution is 2.38. The van der Waals surface area contributed by atoms with Crippen molar-refractivity contribution in [3.05, 3.63) is 29.8 Å². The molecular weight excluding hydrogens is 316 g/mol. The second-order valence-corrected chi connectivity index (χ2v) is 7.44. The first-order valence-electron chi connectivity index (χ1n) is 9.34. The summed E-state index contributed by atoms with van der Waals surface area (Å²) in [6.45, 7) is 3.25. The van der Waals surface area contributed by atoms with Crippen LogP contribution >= 0.6 is 0 Å². The van der Waals surface area contributed by atoms with Crippen molar-refractivity contribution in [2.24, 2.45) is 17.6 Å². The molecule has 2 fully saturated rings. The number of nitrogens with zero attached hydrogens (tertiary/aromatic N) is 1. The summed E-state index contributed by atoms with van der Waals surface area (Å²) in [7, 11) is 0. The van der Waals surface area contributed by atoms with Gasteiger partial charge in [-0.25, -0.2) is 0 Å². The third kappa shape index (κ3) is 4.33. The Labute approximate surface area is 149 Å². The van der Waals surface area contributed by atoms with Crippen LogP contribution in [0.2, 0.25) is 0 Å². The lowest BCUT2D eigenvalue weighted by atomic mass is 9.72. The van der Waals surface area contributed by atoms with Gasteiger partial charge >= 0.3 is 0 Å². The summed E-state index contributed by atoms with van der Waals surface area (Å²) >= 11 is 0. The number of fused-ring (bicyclic) bond motifs is 1. The number of amides is 2. The Morgan fingerprint density at radius 1 is 1.16 bits per heavy atom. The van der Waals surface area contributed by atoms with E-state index in [1.54, 1.807) is 12.1 Å². The van der Waals surface area contributed by atoms with E-state index in [-0.39, 0.29) is 24.8 Å². The lowest BCUT2D eigenvalue weighted by molar-refractivity contribution is -0.141. The Bertz CT molecular complexity index is 614. The molecule has 0 aromatic heterocycles. The van der Waals surface area contributed by atoms with Gasteiger partial charge < -0.3 is 15.4 Å². The van der Waals surface area contributed by atoms with Crippen molar-refractivity contribution >= 4 is 11.8 Å². The number of rotatable bonds is 5. The van der Waals surface area contributed by atoms with Gasteiger partial charge in [0, 0.05) is 12.6 Å². The fourth-order valence-electron chi connectivity index (χ4n) is 4.36. The van der Waals surface area contributed by atoms with Gasteiger partial charge in [0.1, 0.15) is 5.75 Å². The summed E-state index contributed by atoms with van der Waals surface area (Å²) in [5, 5.41) is 0. The zero-order valence-electron chi connectivity index (χ0n) is 14.9. The molecule has 25 heavy (non-hydrogen) atoms. The van der Waals surface area contributed by atoms with Crippen LogP contribution in [-0.4, -0.2) is 35.9 Å². The molecule has 1 aliphatic carbocycles. The average molecular weight is 344 g/mol. The second-order valence-electron chi connectivity index (χ2n) is 7.44. The van der Waals surface area contributed by atoms with Crippen LogP contribution < -0.4 is 10.5 Å². The fraction of sp³-hybridized carbons (Fsp3) is 0.600. The molecule has 1 saturated heterocycles. The number of primary amides is 1.